The molecule has 1 aliphatic heterocycles. The maximum Gasteiger partial charge on any atom is 0.145 e. The molecule has 0 saturated heterocycles. The molecule has 3 aromatic rings. The minimum absolute atomic E-state index is 0.178. The van der Waals surface area contributed by atoms with Crippen molar-refractivity contribution in [2.24, 2.45) is 5.16 Å². The van der Waals surface area contributed by atoms with Crippen LogP contribution < -0.4 is 0 Å². The molecule has 0 radical (unpaired) electrons. The van der Waals surface area contributed by atoms with E-state index in [0.717, 1.165) is 5.56 Å². The average Bonchev–Trinajstić information content (AvgIpc) is 3.23. The minimum atomic E-state index is -0.500. The van der Waals surface area contributed by atoms with Crippen molar-refractivity contribution in [2.45, 2.75) is 31.6 Å². The molecule has 3 aromatic carbocycles. The number of hydrogen-bond acceptors (Lipinski definition) is 4. The van der Waals surface area contributed by atoms with Crippen molar-refractivity contribution < 1.29 is 14.3 Å². The number of rotatable bonds is 9. The Morgan fingerprint density at radius 1 is 0.935 bits per heavy atom. The quantitative estimate of drug-likeness (QED) is 0.559. The van der Waals surface area contributed by atoms with E-state index in [1.807, 2.05) is 48.5 Å². The van der Waals surface area contributed by atoms with E-state index in [1.54, 1.807) is 18.2 Å². The first-order valence-electron chi connectivity index (χ1n) is 10.6. The van der Waals surface area contributed by atoms with Crippen molar-refractivity contribution >= 4 is 5.71 Å². The topological polar surface area (TPSA) is 45.1 Å². The van der Waals surface area contributed by atoms with Crippen LogP contribution in [0, 0.1) is 5.82 Å². The predicted octanol–water partition coefficient (Wildman–Crippen LogP) is 4.42. The highest BCUT2D eigenvalue weighted by atomic mass is 19.1. The summed E-state index contributed by atoms with van der Waals surface area (Å²) in [7, 11) is 0. The molecule has 0 saturated carbocycles. The monoisotopic (exact) mass is 418 g/mol. The molecule has 0 aliphatic carbocycles. The van der Waals surface area contributed by atoms with Crippen LogP contribution in [0.4, 0.5) is 4.39 Å². The van der Waals surface area contributed by atoms with Crippen LogP contribution in [0.5, 0.6) is 0 Å². The van der Waals surface area contributed by atoms with Crippen LogP contribution >= 0.6 is 0 Å². The van der Waals surface area contributed by atoms with E-state index in [0.29, 0.717) is 43.8 Å². The summed E-state index contributed by atoms with van der Waals surface area (Å²) >= 11 is 0. The summed E-state index contributed by atoms with van der Waals surface area (Å²) < 4.78 is 14.1. The van der Waals surface area contributed by atoms with Gasteiger partial charge in [-0.3, -0.25) is 4.90 Å². The van der Waals surface area contributed by atoms with Gasteiger partial charge in [-0.1, -0.05) is 84.0 Å². The van der Waals surface area contributed by atoms with Gasteiger partial charge < -0.3 is 9.94 Å². The summed E-state index contributed by atoms with van der Waals surface area (Å²) in [4.78, 5) is 7.83. The van der Waals surface area contributed by atoms with E-state index in [9.17, 15) is 9.50 Å². The number of nitrogens with zero attached hydrogens (tertiary/aromatic N) is 2. The molecule has 0 amide bonds. The van der Waals surface area contributed by atoms with Gasteiger partial charge in [-0.25, -0.2) is 4.39 Å². The lowest BCUT2D eigenvalue weighted by Crippen LogP contribution is -2.38. The van der Waals surface area contributed by atoms with Gasteiger partial charge in [0.1, 0.15) is 11.9 Å². The second-order valence-corrected chi connectivity index (χ2v) is 7.97. The Morgan fingerprint density at radius 2 is 1.58 bits per heavy atom. The molecular weight excluding hydrogens is 391 g/mol. The first-order chi connectivity index (χ1) is 15.2. The van der Waals surface area contributed by atoms with Crippen LogP contribution in [0.1, 0.15) is 23.1 Å². The van der Waals surface area contributed by atoms with Gasteiger partial charge in [-0.15, -0.1) is 0 Å². The molecule has 0 fully saturated rings. The summed E-state index contributed by atoms with van der Waals surface area (Å²) in [6.07, 6.45) is 0.456. The van der Waals surface area contributed by atoms with Gasteiger partial charge in [0, 0.05) is 31.6 Å². The molecule has 4 rings (SSSR count). The van der Waals surface area contributed by atoms with Gasteiger partial charge >= 0.3 is 0 Å². The predicted molar refractivity (Wildman–Crippen MR) is 120 cm³/mol. The first kappa shape index (κ1) is 21.2. The van der Waals surface area contributed by atoms with Crippen LogP contribution in [0.15, 0.2) is 90.1 Å². The van der Waals surface area contributed by atoms with Gasteiger partial charge in [0.2, 0.25) is 0 Å². The highest BCUT2D eigenvalue weighted by Crippen LogP contribution is 2.21. The molecule has 1 aliphatic rings. The van der Waals surface area contributed by atoms with Gasteiger partial charge in [0.25, 0.3) is 0 Å². The third-order valence-electron chi connectivity index (χ3n) is 5.41. The first-order valence-corrected chi connectivity index (χ1v) is 10.6. The highest BCUT2D eigenvalue weighted by Gasteiger charge is 2.27. The van der Waals surface area contributed by atoms with Gasteiger partial charge in [0.15, 0.2) is 0 Å². The molecule has 1 N–H and O–H groups in total. The lowest BCUT2D eigenvalue weighted by molar-refractivity contribution is 0.0322. The molecule has 0 unspecified atom stereocenters. The zero-order chi connectivity index (χ0) is 21.5. The largest absolute Gasteiger partial charge is 0.391 e. The third kappa shape index (κ3) is 6.00. The molecule has 4 nitrogen and oxygen atoms in total. The Bertz CT molecular complexity index is 995. The third-order valence-corrected chi connectivity index (χ3v) is 5.41. The van der Waals surface area contributed by atoms with E-state index in [1.165, 1.54) is 11.6 Å². The van der Waals surface area contributed by atoms with Crippen LogP contribution in [-0.4, -0.2) is 41.0 Å². The molecule has 0 aromatic heterocycles. The van der Waals surface area contributed by atoms with Gasteiger partial charge in [0.05, 0.1) is 11.8 Å². The van der Waals surface area contributed by atoms with E-state index >= 15 is 0 Å². The van der Waals surface area contributed by atoms with Crippen molar-refractivity contribution in [1.29, 1.82) is 0 Å². The lowest BCUT2D eigenvalue weighted by Gasteiger charge is -2.27. The van der Waals surface area contributed by atoms with Crippen LogP contribution in [0.25, 0.3) is 0 Å². The Labute approximate surface area is 182 Å². The van der Waals surface area contributed by atoms with Crippen molar-refractivity contribution in [3.63, 3.8) is 0 Å². The van der Waals surface area contributed by atoms with Crippen LogP contribution in [0.3, 0.4) is 0 Å². The SMILES string of the molecule is O[C@H](Cc1ccccc1)CN(Cc1ccccc1)C[C@@H]1CC(c2ccccc2F)=NO1. The summed E-state index contributed by atoms with van der Waals surface area (Å²) in [5.41, 5.74) is 3.40. The van der Waals surface area contributed by atoms with Crippen molar-refractivity contribution in [3.8, 4) is 0 Å². The fourth-order valence-electron chi connectivity index (χ4n) is 3.96. The van der Waals surface area contributed by atoms with E-state index in [4.69, 9.17) is 4.84 Å². The van der Waals surface area contributed by atoms with Crippen molar-refractivity contribution in [3.05, 3.63) is 107 Å². The van der Waals surface area contributed by atoms with E-state index in [-0.39, 0.29) is 11.9 Å². The molecule has 160 valence electrons. The minimum Gasteiger partial charge on any atom is -0.391 e. The fraction of sp³-hybridized carbons (Fsp3) is 0.269. The summed E-state index contributed by atoms with van der Waals surface area (Å²) in [5.74, 6) is -0.287. The molecule has 5 heteroatoms. The highest BCUT2D eigenvalue weighted by molar-refractivity contribution is 6.01. The summed E-state index contributed by atoms with van der Waals surface area (Å²) in [6, 6.07) is 26.8. The molecule has 31 heavy (non-hydrogen) atoms. The number of halogens is 1. The maximum atomic E-state index is 14.1. The zero-order valence-electron chi connectivity index (χ0n) is 17.4. The Kier molecular flexibility index (Phi) is 7.07. The van der Waals surface area contributed by atoms with Crippen LogP contribution in [-0.2, 0) is 17.8 Å². The van der Waals surface area contributed by atoms with Crippen molar-refractivity contribution in [1.82, 2.24) is 4.90 Å². The van der Waals surface area contributed by atoms with Gasteiger partial charge in [-0.05, 0) is 23.6 Å². The Balaban J connectivity index is 1.40. The molecule has 2 atom stereocenters. The molecule has 0 spiro atoms. The van der Waals surface area contributed by atoms with E-state index < -0.39 is 6.10 Å². The zero-order valence-corrected chi connectivity index (χ0v) is 17.4. The smallest absolute Gasteiger partial charge is 0.145 e. The number of oxime groups is 1. The standard InChI is InChI=1S/C26H27FN2O2/c27-25-14-8-7-13-24(25)26-16-23(31-28-26)19-29(17-21-11-5-2-6-12-21)18-22(30)15-20-9-3-1-4-10-20/h1-14,22-23,30H,15-19H2/t22-,23+/m1/s1. The number of aliphatic hydroxyl groups excluding tert-OH is 1. The second kappa shape index (κ2) is 10.3. The maximum absolute atomic E-state index is 14.1. The van der Waals surface area contributed by atoms with Crippen molar-refractivity contribution in [2.75, 3.05) is 13.1 Å². The number of aliphatic hydroxyl groups is 1. The molecule has 1 heterocycles. The average molecular weight is 419 g/mol. The lowest BCUT2D eigenvalue weighted by atomic mass is 10.0. The molecular formula is C26H27FN2O2. The second-order valence-electron chi connectivity index (χ2n) is 7.97. The van der Waals surface area contributed by atoms with Crippen LogP contribution in [0.2, 0.25) is 0 Å². The Hall–Kier alpha value is -3.02. The normalized spacial score (nSPS) is 16.7. The Morgan fingerprint density at radius 3 is 2.29 bits per heavy atom. The van der Waals surface area contributed by atoms with Gasteiger partial charge in [-0.2, -0.15) is 0 Å². The molecule has 0 bridgehead atoms. The number of benzene rings is 3. The summed E-state index contributed by atoms with van der Waals surface area (Å²) in [6.45, 7) is 1.81. The number of hydrogen-bond donors (Lipinski definition) is 1. The summed E-state index contributed by atoms with van der Waals surface area (Å²) in [5, 5.41) is 14.9. The fourth-order valence-corrected chi connectivity index (χ4v) is 3.96. The van der Waals surface area contributed by atoms with E-state index in [2.05, 4.69) is 22.2 Å².